The van der Waals surface area contributed by atoms with Crippen LogP contribution in [0, 0.1) is 0 Å². The highest BCUT2D eigenvalue weighted by Crippen LogP contribution is 2.21. The molecular formula is C12H21N3O3. The number of urea groups is 1. The van der Waals surface area contributed by atoms with Crippen LogP contribution < -0.4 is 5.32 Å². The van der Waals surface area contributed by atoms with E-state index in [2.05, 4.69) is 5.32 Å². The van der Waals surface area contributed by atoms with Crippen LogP contribution in [0.1, 0.15) is 25.7 Å². The van der Waals surface area contributed by atoms with Crippen molar-refractivity contribution in [2.24, 2.45) is 0 Å². The highest BCUT2D eigenvalue weighted by molar-refractivity contribution is 5.83. The average Bonchev–Trinajstić information content (AvgIpc) is 2.87. The summed E-state index contributed by atoms with van der Waals surface area (Å²) in [6.07, 6.45) is 3.23. The molecule has 18 heavy (non-hydrogen) atoms. The molecule has 0 bridgehead atoms. The number of rotatable bonds is 2. The third kappa shape index (κ3) is 2.58. The lowest BCUT2D eigenvalue weighted by Crippen LogP contribution is -2.52. The number of aliphatic carboxylic acids is 1. The fourth-order valence-electron chi connectivity index (χ4n) is 2.81. The summed E-state index contributed by atoms with van der Waals surface area (Å²) in [7, 11) is 1.79. The third-order valence-electron chi connectivity index (χ3n) is 3.94. The predicted molar refractivity (Wildman–Crippen MR) is 66.4 cm³/mol. The quantitative estimate of drug-likeness (QED) is 0.746. The highest BCUT2D eigenvalue weighted by atomic mass is 16.4. The summed E-state index contributed by atoms with van der Waals surface area (Å²) >= 11 is 0. The zero-order chi connectivity index (χ0) is 13.1. The van der Waals surface area contributed by atoms with Crippen molar-refractivity contribution in [2.75, 3.05) is 26.7 Å². The summed E-state index contributed by atoms with van der Waals surface area (Å²) < 4.78 is 0. The lowest BCUT2D eigenvalue weighted by atomic mass is 10.1. The number of hydrogen-bond acceptors (Lipinski definition) is 3. The first kappa shape index (κ1) is 13.1. The topological polar surface area (TPSA) is 72.9 Å². The van der Waals surface area contributed by atoms with Crippen molar-refractivity contribution in [1.29, 1.82) is 0 Å². The molecule has 0 aromatic rings. The fraction of sp³-hybridized carbons (Fsp3) is 0.833. The molecule has 0 aliphatic carbocycles. The van der Waals surface area contributed by atoms with Gasteiger partial charge in [0.05, 0.1) is 0 Å². The highest BCUT2D eigenvalue weighted by Gasteiger charge is 2.36. The molecule has 6 nitrogen and oxygen atoms in total. The van der Waals surface area contributed by atoms with E-state index >= 15 is 0 Å². The fourth-order valence-corrected chi connectivity index (χ4v) is 2.81. The standard InChI is InChI=1S/C12H21N3O3/c1-14(9-4-6-13-7-5-9)12(18)15-8-2-3-10(15)11(16)17/h9-10,13H,2-8H2,1H3,(H,16,17). The lowest BCUT2D eigenvalue weighted by Gasteiger charge is -2.35. The molecule has 2 saturated heterocycles. The number of piperidine rings is 1. The Morgan fingerprint density at radius 3 is 2.56 bits per heavy atom. The minimum absolute atomic E-state index is 0.133. The van der Waals surface area contributed by atoms with Crippen LogP contribution in [-0.2, 0) is 4.79 Å². The molecule has 0 aromatic carbocycles. The summed E-state index contributed by atoms with van der Waals surface area (Å²) in [5.41, 5.74) is 0. The number of carboxylic acid groups (broad SMARTS) is 1. The first-order valence-electron chi connectivity index (χ1n) is 6.58. The summed E-state index contributed by atoms with van der Waals surface area (Å²) in [6.45, 7) is 2.40. The maximum absolute atomic E-state index is 12.3. The predicted octanol–water partition coefficient (Wildman–Crippen LogP) is 0.339. The first-order valence-corrected chi connectivity index (χ1v) is 6.58. The number of carboxylic acids is 1. The first-order chi connectivity index (χ1) is 8.61. The molecule has 102 valence electrons. The van der Waals surface area contributed by atoms with Gasteiger partial charge in [0, 0.05) is 19.6 Å². The number of nitrogens with one attached hydrogen (secondary N) is 1. The Morgan fingerprint density at radius 2 is 1.94 bits per heavy atom. The van der Waals surface area contributed by atoms with Crippen molar-refractivity contribution in [1.82, 2.24) is 15.1 Å². The molecule has 6 heteroatoms. The van der Waals surface area contributed by atoms with Gasteiger partial charge in [0.25, 0.3) is 0 Å². The van der Waals surface area contributed by atoms with E-state index in [0.29, 0.717) is 13.0 Å². The van der Waals surface area contributed by atoms with Crippen LogP contribution in [-0.4, -0.2) is 65.7 Å². The molecule has 2 aliphatic rings. The Hall–Kier alpha value is -1.30. The van der Waals surface area contributed by atoms with Gasteiger partial charge < -0.3 is 20.2 Å². The number of nitrogens with zero attached hydrogens (tertiary/aromatic N) is 2. The molecule has 1 atom stereocenters. The van der Waals surface area contributed by atoms with Crippen LogP contribution in [0.5, 0.6) is 0 Å². The van der Waals surface area contributed by atoms with Crippen molar-refractivity contribution >= 4 is 12.0 Å². The zero-order valence-corrected chi connectivity index (χ0v) is 10.8. The van der Waals surface area contributed by atoms with Gasteiger partial charge in [-0.15, -0.1) is 0 Å². The number of likely N-dealkylation sites (tertiary alicyclic amines) is 1. The van der Waals surface area contributed by atoms with Crippen LogP contribution in [0.15, 0.2) is 0 Å². The largest absolute Gasteiger partial charge is 0.480 e. The van der Waals surface area contributed by atoms with Crippen molar-refractivity contribution < 1.29 is 14.7 Å². The van der Waals surface area contributed by atoms with E-state index in [1.54, 1.807) is 11.9 Å². The van der Waals surface area contributed by atoms with Gasteiger partial charge in [-0.3, -0.25) is 0 Å². The minimum atomic E-state index is -0.889. The van der Waals surface area contributed by atoms with E-state index in [9.17, 15) is 9.59 Å². The van der Waals surface area contributed by atoms with Crippen molar-refractivity contribution in [2.45, 2.75) is 37.8 Å². The van der Waals surface area contributed by atoms with E-state index in [1.165, 1.54) is 4.90 Å². The Labute approximate surface area is 107 Å². The molecule has 2 heterocycles. The van der Waals surface area contributed by atoms with Crippen molar-refractivity contribution in [3.05, 3.63) is 0 Å². The summed E-state index contributed by atoms with van der Waals surface area (Å²) in [6, 6.07) is -0.540. The van der Waals surface area contributed by atoms with Gasteiger partial charge in [-0.25, -0.2) is 9.59 Å². The smallest absolute Gasteiger partial charge is 0.326 e. The zero-order valence-electron chi connectivity index (χ0n) is 10.8. The molecule has 2 aliphatic heterocycles. The minimum Gasteiger partial charge on any atom is -0.480 e. The molecular weight excluding hydrogens is 234 g/mol. The Bertz CT molecular complexity index is 329. The van der Waals surface area contributed by atoms with E-state index < -0.39 is 12.0 Å². The Morgan fingerprint density at radius 1 is 1.28 bits per heavy atom. The molecule has 2 rings (SSSR count). The number of amides is 2. The van der Waals surface area contributed by atoms with Crippen LogP contribution in [0.4, 0.5) is 4.79 Å². The van der Waals surface area contributed by atoms with E-state index in [1.807, 2.05) is 0 Å². The molecule has 0 spiro atoms. The molecule has 0 aromatic heterocycles. The van der Waals surface area contributed by atoms with Crippen LogP contribution >= 0.6 is 0 Å². The average molecular weight is 255 g/mol. The van der Waals surface area contributed by atoms with Gasteiger partial charge >= 0.3 is 12.0 Å². The van der Waals surface area contributed by atoms with Gasteiger partial charge in [-0.2, -0.15) is 0 Å². The monoisotopic (exact) mass is 255 g/mol. The number of carbonyl (C=O) groups is 2. The molecule has 0 radical (unpaired) electrons. The van der Waals surface area contributed by atoms with E-state index in [-0.39, 0.29) is 12.1 Å². The van der Waals surface area contributed by atoms with Crippen molar-refractivity contribution in [3.63, 3.8) is 0 Å². The van der Waals surface area contributed by atoms with Gasteiger partial charge in [0.15, 0.2) is 0 Å². The normalized spacial score (nSPS) is 25.2. The summed E-state index contributed by atoms with van der Waals surface area (Å²) in [5.74, 6) is -0.889. The molecule has 2 amide bonds. The lowest BCUT2D eigenvalue weighted by molar-refractivity contribution is -0.141. The maximum atomic E-state index is 12.3. The molecule has 2 fully saturated rings. The molecule has 0 saturated carbocycles. The molecule has 1 unspecified atom stereocenters. The third-order valence-corrected chi connectivity index (χ3v) is 3.94. The van der Waals surface area contributed by atoms with Crippen molar-refractivity contribution in [3.8, 4) is 0 Å². The number of hydrogen-bond donors (Lipinski definition) is 2. The number of carbonyl (C=O) groups excluding carboxylic acids is 1. The second-order valence-corrected chi connectivity index (χ2v) is 5.06. The van der Waals surface area contributed by atoms with Gasteiger partial charge in [0.1, 0.15) is 6.04 Å². The van der Waals surface area contributed by atoms with Crippen LogP contribution in [0.3, 0.4) is 0 Å². The summed E-state index contributed by atoms with van der Waals surface area (Å²) in [5, 5.41) is 12.4. The Balaban J connectivity index is 1.99. The van der Waals surface area contributed by atoms with Gasteiger partial charge in [-0.05, 0) is 38.8 Å². The Kier molecular flexibility index (Phi) is 4.06. The SMILES string of the molecule is CN(C(=O)N1CCCC1C(=O)O)C1CCNCC1. The second kappa shape index (κ2) is 5.56. The molecule has 2 N–H and O–H groups in total. The van der Waals surface area contributed by atoms with Crippen LogP contribution in [0.25, 0.3) is 0 Å². The van der Waals surface area contributed by atoms with E-state index in [4.69, 9.17) is 5.11 Å². The van der Waals surface area contributed by atoms with E-state index in [0.717, 1.165) is 32.4 Å². The maximum Gasteiger partial charge on any atom is 0.326 e. The van der Waals surface area contributed by atoms with Crippen LogP contribution in [0.2, 0.25) is 0 Å². The summed E-state index contributed by atoms with van der Waals surface area (Å²) in [4.78, 5) is 26.6. The van der Waals surface area contributed by atoms with Gasteiger partial charge in [0.2, 0.25) is 0 Å². The van der Waals surface area contributed by atoms with Gasteiger partial charge in [-0.1, -0.05) is 0 Å². The second-order valence-electron chi connectivity index (χ2n) is 5.06.